The quantitative estimate of drug-likeness (QED) is 0.916. The fourth-order valence-corrected chi connectivity index (χ4v) is 2.90. The normalized spacial score (nSPS) is 15.0. The summed E-state index contributed by atoms with van der Waals surface area (Å²) in [6.07, 6.45) is 1.77. The summed E-state index contributed by atoms with van der Waals surface area (Å²) in [6.45, 7) is 6.99. The Balaban J connectivity index is 1.83. The highest BCUT2D eigenvalue weighted by Crippen LogP contribution is 2.19. The lowest BCUT2D eigenvalue weighted by Gasteiger charge is -2.27. The first-order valence-corrected chi connectivity index (χ1v) is 8.33. The number of nitrogens with zero attached hydrogens (tertiary/aromatic N) is 2. The van der Waals surface area contributed by atoms with E-state index in [1.54, 1.807) is 23.2 Å². The summed E-state index contributed by atoms with van der Waals surface area (Å²) in [5, 5.41) is 4.64. The van der Waals surface area contributed by atoms with Gasteiger partial charge in [-0.3, -0.25) is 9.59 Å². The monoisotopic (exact) mass is 329 g/mol. The fourth-order valence-electron chi connectivity index (χ4n) is 2.90. The van der Waals surface area contributed by atoms with E-state index >= 15 is 0 Å². The topological polar surface area (TPSA) is 63.6 Å². The van der Waals surface area contributed by atoms with Crippen molar-refractivity contribution in [1.29, 1.82) is 0 Å². The molecule has 3 rings (SSSR count). The third-order valence-corrected chi connectivity index (χ3v) is 4.10. The van der Waals surface area contributed by atoms with Crippen molar-refractivity contribution in [1.82, 2.24) is 14.8 Å². The van der Waals surface area contributed by atoms with Crippen LogP contribution in [0, 0.1) is 0 Å². The molecule has 0 saturated carbocycles. The number of carbonyl (C=O) groups excluding carboxylic acids is 1. The second-order valence-electron chi connectivity index (χ2n) is 6.30. The highest BCUT2D eigenvalue weighted by atomic mass is 16.5. The Kier molecular flexibility index (Phi) is 4.85. The Morgan fingerprint density at radius 1 is 1.25 bits per heavy atom. The molecule has 0 radical (unpaired) electrons. The Morgan fingerprint density at radius 3 is 2.71 bits per heavy atom. The van der Waals surface area contributed by atoms with Gasteiger partial charge in [-0.2, -0.15) is 0 Å². The number of pyridine rings is 1. The molecule has 1 aliphatic rings. The number of aromatic nitrogens is 1. The number of fused-ring (bicyclic) bond motifs is 1. The average Bonchev–Trinajstić information content (AvgIpc) is 2.57. The maximum absolute atomic E-state index is 12.6. The van der Waals surface area contributed by atoms with Crippen molar-refractivity contribution in [3.63, 3.8) is 0 Å². The zero-order chi connectivity index (χ0) is 17.1. The first-order valence-electron chi connectivity index (χ1n) is 8.33. The first kappa shape index (κ1) is 16.5. The third-order valence-electron chi connectivity index (χ3n) is 4.10. The van der Waals surface area contributed by atoms with Gasteiger partial charge in [-0.15, -0.1) is 0 Å². The number of carbonyl (C=O) groups is 1. The van der Waals surface area contributed by atoms with Crippen LogP contribution in [0.5, 0.6) is 5.75 Å². The summed E-state index contributed by atoms with van der Waals surface area (Å²) in [4.78, 5) is 26.8. The molecule has 0 aliphatic carbocycles. The van der Waals surface area contributed by atoms with Gasteiger partial charge in [0.2, 0.25) is 5.91 Å². The van der Waals surface area contributed by atoms with E-state index in [1.165, 1.54) is 4.57 Å². The van der Waals surface area contributed by atoms with Crippen LogP contribution >= 0.6 is 0 Å². The molecule has 1 aliphatic heterocycles. The van der Waals surface area contributed by atoms with Gasteiger partial charge in [0.15, 0.2) is 0 Å². The van der Waals surface area contributed by atoms with Crippen molar-refractivity contribution in [2.45, 2.75) is 26.5 Å². The molecule has 1 aromatic carbocycles. The molecule has 0 unspecified atom stereocenters. The summed E-state index contributed by atoms with van der Waals surface area (Å²) < 4.78 is 7.14. The van der Waals surface area contributed by atoms with Gasteiger partial charge < -0.3 is 19.5 Å². The second kappa shape index (κ2) is 7.05. The Morgan fingerprint density at radius 2 is 2.00 bits per heavy atom. The number of hydrogen-bond donors (Lipinski definition) is 1. The van der Waals surface area contributed by atoms with Gasteiger partial charge in [-0.05, 0) is 43.5 Å². The van der Waals surface area contributed by atoms with E-state index in [4.69, 9.17) is 4.74 Å². The molecule has 6 nitrogen and oxygen atoms in total. The number of rotatable bonds is 4. The predicted molar refractivity (Wildman–Crippen MR) is 93.4 cm³/mol. The van der Waals surface area contributed by atoms with Crippen LogP contribution in [0.4, 0.5) is 0 Å². The Bertz CT molecular complexity index is 792. The highest BCUT2D eigenvalue weighted by molar-refractivity contribution is 5.83. The zero-order valence-electron chi connectivity index (χ0n) is 14.1. The molecule has 1 amide bonds. The maximum atomic E-state index is 12.6. The molecule has 128 valence electrons. The summed E-state index contributed by atoms with van der Waals surface area (Å²) in [7, 11) is 0. The lowest BCUT2D eigenvalue weighted by atomic mass is 10.1. The van der Waals surface area contributed by atoms with Gasteiger partial charge in [0.05, 0.1) is 6.10 Å². The average molecular weight is 329 g/mol. The van der Waals surface area contributed by atoms with Crippen LogP contribution in [0.1, 0.15) is 13.8 Å². The van der Waals surface area contributed by atoms with E-state index in [0.717, 1.165) is 24.2 Å². The summed E-state index contributed by atoms with van der Waals surface area (Å²) in [5.74, 6) is 0.726. The van der Waals surface area contributed by atoms with Gasteiger partial charge in [-0.1, -0.05) is 0 Å². The Labute approximate surface area is 141 Å². The molecule has 0 bridgehead atoms. The minimum atomic E-state index is -0.146. The van der Waals surface area contributed by atoms with Gasteiger partial charge >= 0.3 is 0 Å². The fraction of sp³-hybridized carbons (Fsp3) is 0.444. The SMILES string of the molecule is CC(C)Oc1ccc2c(=O)n(CC(=O)N3CCNCC3)ccc2c1. The molecule has 2 aromatic rings. The van der Waals surface area contributed by atoms with Crippen LogP contribution in [-0.2, 0) is 11.3 Å². The summed E-state index contributed by atoms with van der Waals surface area (Å²) >= 11 is 0. The van der Waals surface area contributed by atoms with Gasteiger partial charge in [0.1, 0.15) is 12.3 Å². The predicted octanol–water partition coefficient (Wildman–Crippen LogP) is 1.22. The van der Waals surface area contributed by atoms with E-state index in [2.05, 4.69) is 5.32 Å². The molecule has 0 atom stereocenters. The number of nitrogens with one attached hydrogen (secondary N) is 1. The molecule has 1 saturated heterocycles. The van der Waals surface area contributed by atoms with Crippen LogP contribution in [0.2, 0.25) is 0 Å². The van der Waals surface area contributed by atoms with E-state index in [0.29, 0.717) is 18.5 Å². The van der Waals surface area contributed by atoms with Crippen molar-refractivity contribution in [2.75, 3.05) is 26.2 Å². The number of piperazine rings is 1. The van der Waals surface area contributed by atoms with Crippen LogP contribution < -0.4 is 15.6 Å². The minimum absolute atomic E-state index is 0.0160. The van der Waals surface area contributed by atoms with Crippen LogP contribution in [0.25, 0.3) is 10.8 Å². The van der Waals surface area contributed by atoms with E-state index in [-0.39, 0.29) is 24.1 Å². The van der Waals surface area contributed by atoms with Gasteiger partial charge in [0.25, 0.3) is 5.56 Å². The maximum Gasteiger partial charge on any atom is 0.258 e. The lowest BCUT2D eigenvalue weighted by molar-refractivity contribution is -0.132. The number of hydrogen-bond acceptors (Lipinski definition) is 4. The molecule has 24 heavy (non-hydrogen) atoms. The van der Waals surface area contributed by atoms with Crippen molar-refractivity contribution in [3.8, 4) is 5.75 Å². The van der Waals surface area contributed by atoms with Crippen molar-refractivity contribution >= 4 is 16.7 Å². The third kappa shape index (κ3) is 3.59. The van der Waals surface area contributed by atoms with Crippen molar-refractivity contribution < 1.29 is 9.53 Å². The smallest absolute Gasteiger partial charge is 0.258 e. The summed E-state index contributed by atoms with van der Waals surface area (Å²) in [5.41, 5.74) is -0.146. The van der Waals surface area contributed by atoms with Crippen LogP contribution in [0.3, 0.4) is 0 Å². The van der Waals surface area contributed by atoms with Crippen molar-refractivity contribution in [2.24, 2.45) is 0 Å². The van der Waals surface area contributed by atoms with Gasteiger partial charge in [-0.25, -0.2) is 0 Å². The van der Waals surface area contributed by atoms with E-state index in [9.17, 15) is 9.59 Å². The van der Waals surface area contributed by atoms with E-state index in [1.807, 2.05) is 26.0 Å². The lowest BCUT2D eigenvalue weighted by Crippen LogP contribution is -2.48. The molecular weight excluding hydrogens is 306 g/mol. The molecular formula is C18H23N3O3. The molecule has 1 N–H and O–H groups in total. The Hall–Kier alpha value is -2.34. The molecule has 2 heterocycles. The molecule has 1 aromatic heterocycles. The van der Waals surface area contributed by atoms with Crippen molar-refractivity contribution in [3.05, 3.63) is 40.8 Å². The number of benzene rings is 1. The minimum Gasteiger partial charge on any atom is -0.491 e. The summed E-state index contributed by atoms with van der Waals surface area (Å²) in [6, 6.07) is 7.28. The van der Waals surface area contributed by atoms with Crippen LogP contribution in [0.15, 0.2) is 35.3 Å². The second-order valence-corrected chi connectivity index (χ2v) is 6.30. The molecule has 6 heteroatoms. The number of ether oxygens (including phenoxy) is 1. The van der Waals surface area contributed by atoms with E-state index < -0.39 is 0 Å². The molecule has 1 fully saturated rings. The first-order chi connectivity index (χ1) is 11.5. The molecule has 0 spiro atoms. The largest absolute Gasteiger partial charge is 0.491 e. The standard InChI is InChI=1S/C18H23N3O3/c1-13(2)24-15-3-4-16-14(11-15)5-8-21(18(16)23)12-17(22)20-9-6-19-7-10-20/h3-5,8,11,13,19H,6-7,9-10,12H2,1-2H3. The zero-order valence-corrected chi connectivity index (χ0v) is 14.1. The number of amides is 1. The van der Waals surface area contributed by atoms with Gasteiger partial charge in [0, 0.05) is 37.8 Å². The highest BCUT2D eigenvalue weighted by Gasteiger charge is 2.17. The van der Waals surface area contributed by atoms with Crippen LogP contribution in [-0.4, -0.2) is 47.7 Å².